The lowest BCUT2D eigenvalue weighted by molar-refractivity contribution is -0.112. The SMILES string of the molecule is CC(=O)/C=C/c1ccc(COc2cccc(NC(=O)c3ccccc3Cl)c2)cc1. The predicted octanol–water partition coefficient (Wildman–Crippen LogP) is 5.77. The van der Waals surface area contributed by atoms with Gasteiger partial charge in [0, 0.05) is 11.8 Å². The van der Waals surface area contributed by atoms with Crippen LogP contribution in [0.1, 0.15) is 28.4 Å². The number of hydrogen-bond donors (Lipinski definition) is 1. The highest BCUT2D eigenvalue weighted by Gasteiger charge is 2.10. The van der Waals surface area contributed by atoms with Crippen LogP contribution in [0, 0.1) is 0 Å². The summed E-state index contributed by atoms with van der Waals surface area (Å²) in [6.45, 7) is 1.91. The molecule has 0 atom stereocenters. The fourth-order valence-electron chi connectivity index (χ4n) is 2.61. The lowest BCUT2D eigenvalue weighted by Gasteiger charge is -2.10. The molecule has 3 rings (SSSR count). The van der Waals surface area contributed by atoms with Crippen LogP contribution in [0.25, 0.3) is 6.08 Å². The first kappa shape index (κ1) is 20.4. The van der Waals surface area contributed by atoms with Gasteiger partial charge in [0.1, 0.15) is 12.4 Å². The summed E-state index contributed by atoms with van der Waals surface area (Å²) >= 11 is 6.07. The average Bonchev–Trinajstić information content (AvgIpc) is 2.72. The van der Waals surface area contributed by atoms with E-state index in [0.29, 0.717) is 28.6 Å². The van der Waals surface area contributed by atoms with Crippen molar-refractivity contribution in [2.24, 2.45) is 0 Å². The fourth-order valence-corrected chi connectivity index (χ4v) is 2.83. The standard InChI is InChI=1S/C24H20ClNO3/c1-17(27)9-10-18-11-13-19(14-12-18)16-29-21-6-4-5-20(15-21)26-24(28)22-7-2-3-8-23(22)25/h2-15H,16H2,1H3,(H,26,28)/b10-9+. The summed E-state index contributed by atoms with van der Waals surface area (Å²) in [7, 11) is 0. The molecule has 0 bridgehead atoms. The Morgan fingerprint density at radius 3 is 2.48 bits per heavy atom. The third-order valence-corrected chi connectivity index (χ3v) is 4.44. The second-order valence-corrected chi connectivity index (χ2v) is 6.84. The first-order valence-electron chi connectivity index (χ1n) is 9.07. The smallest absolute Gasteiger partial charge is 0.257 e. The van der Waals surface area contributed by atoms with Gasteiger partial charge in [-0.2, -0.15) is 0 Å². The van der Waals surface area contributed by atoms with Crippen molar-refractivity contribution in [3.05, 3.63) is 101 Å². The number of benzene rings is 3. The third-order valence-electron chi connectivity index (χ3n) is 4.11. The van der Waals surface area contributed by atoms with Crippen LogP contribution in [0.5, 0.6) is 5.75 Å². The van der Waals surface area contributed by atoms with Crippen molar-refractivity contribution in [2.75, 3.05) is 5.32 Å². The summed E-state index contributed by atoms with van der Waals surface area (Å²) in [5, 5.41) is 3.23. The van der Waals surface area contributed by atoms with Crippen LogP contribution in [0.2, 0.25) is 5.02 Å². The van der Waals surface area contributed by atoms with Gasteiger partial charge in [-0.25, -0.2) is 0 Å². The highest BCUT2D eigenvalue weighted by atomic mass is 35.5. The fraction of sp³-hybridized carbons (Fsp3) is 0.0833. The monoisotopic (exact) mass is 405 g/mol. The van der Waals surface area contributed by atoms with Crippen LogP contribution < -0.4 is 10.1 Å². The van der Waals surface area contributed by atoms with Gasteiger partial charge in [-0.3, -0.25) is 9.59 Å². The van der Waals surface area contributed by atoms with Gasteiger partial charge in [-0.15, -0.1) is 0 Å². The van der Waals surface area contributed by atoms with E-state index in [1.54, 1.807) is 42.5 Å². The van der Waals surface area contributed by atoms with E-state index < -0.39 is 0 Å². The summed E-state index contributed by atoms with van der Waals surface area (Å²) in [4.78, 5) is 23.4. The molecular formula is C24H20ClNO3. The molecule has 29 heavy (non-hydrogen) atoms. The van der Waals surface area contributed by atoms with E-state index in [1.165, 1.54) is 13.0 Å². The Hall–Kier alpha value is -3.37. The summed E-state index contributed by atoms with van der Waals surface area (Å²) < 4.78 is 5.83. The van der Waals surface area contributed by atoms with Gasteiger partial charge in [0.15, 0.2) is 5.78 Å². The van der Waals surface area contributed by atoms with E-state index in [4.69, 9.17) is 16.3 Å². The highest BCUT2D eigenvalue weighted by Crippen LogP contribution is 2.21. The lowest BCUT2D eigenvalue weighted by atomic mass is 10.1. The maximum atomic E-state index is 12.4. The van der Waals surface area contributed by atoms with Crippen molar-refractivity contribution in [3.8, 4) is 5.75 Å². The van der Waals surface area contributed by atoms with Crippen LogP contribution >= 0.6 is 11.6 Å². The Labute approximate surface area is 174 Å². The van der Waals surface area contributed by atoms with E-state index >= 15 is 0 Å². The van der Waals surface area contributed by atoms with Crippen LogP contribution in [0.4, 0.5) is 5.69 Å². The van der Waals surface area contributed by atoms with Gasteiger partial charge in [-0.05, 0) is 48.4 Å². The molecular weight excluding hydrogens is 386 g/mol. The zero-order chi connectivity index (χ0) is 20.6. The van der Waals surface area contributed by atoms with Gasteiger partial charge in [0.2, 0.25) is 0 Å². The molecule has 0 aliphatic heterocycles. The second kappa shape index (κ2) is 9.71. The molecule has 0 fully saturated rings. The van der Waals surface area contributed by atoms with Crippen LogP contribution in [-0.4, -0.2) is 11.7 Å². The zero-order valence-electron chi connectivity index (χ0n) is 15.9. The van der Waals surface area contributed by atoms with E-state index in [-0.39, 0.29) is 11.7 Å². The summed E-state index contributed by atoms with van der Waals surface area (Å²) in [5.74, 6) is 0.378. The molecule has 1 amide bonds. The highest BCUT2D eigenvalue weighted by molar-refractivity contribution is 6.34. The molecule has 0 aromatic heterocycles. The Bertz CT molecular complexity index is 1040. The number of ketones is 1. The van der Waals surface area contributed by atoms with Crippen molar-refractivity contribution in [2.45, 2.75) is 13.5 Å². The quantitative estimate of drug-likeness (QED) is 0.507. The zero-order valence-corrected chi connectivity index (χ0v) is 16.6. The minimum atomic E-state index is -0.276. The van der Waals surface area contributed by atoms with Crippen LogP contribution in [0.3, 0.4) is 0 Å². The molecule has 0 aliphatic carbocycles. The van der Waals surface area contributed by atoms with E-state index in [0.717, 1.165) is 11.1 Å². The molecule has 3 aromatic carbocycles. The Morgan fingerprint density at radius 1 is 1.00 bits per heavy atom. The molecule has 0 saturated heterocycles. The molecule has 4 nitrogen and oxygen atoms in total. The number of halogens is 1. The van der Waals surface area contributed by atoms with Crippen LogP contribution in [0.15, 0.2) is 78.9 Å². The topological polar surface area (TPSA) is 55.4 Å². The van der Waals surface area contributed by atoms with E-state index in [2.05, 4.69) is 5.32 Å². The molecule has 0 heterocycles. The molecule has 0 unspecified atom stereocenters. The number of anilines is 1. The molecule has 0 aliphatic rings. The van der Waals surface area contributed by atoms with Gasteiger partial charge in [0.05, 0.1) is 10.6 Å². The van der Waals surface area contributed by atoms with E-state index in [9.17, 15) is 9.59 Å². The molecule has 146 valence electrons. The number of carbonyl (C=O) groups is 2. The second-order valence-electron chi connectivity index (χ2n) is 6.44. The number of nitrogens with one attached hydrogen (secondary N) is 1. The number of hydrogen-bond acceptors (Lipinski definition) is 3. The number of rotatable bonds is 7. The van der Waals surface area contributed by atoms with Crippen LogP contribution in [-0.2, 0) is 11.4 Å². The number of amides is 1. The number of ether oxygens (including phenoxy) is 1. The molecule has 3 aromatic rings. The van der Waals surface area contributed by atoms with Gasteiger partial charge in [0.25, 0.3) is 5.91 Å². The van der Waals surface area contributed by atoms with Crippen molar-refractivity contribution in [1.29, 1.82) is 0 Å². The molecule has 0 spiro atoms. The Morgan fingerprint density at radius 2 is 1.76 bits per heavy atom. The summed E-state index contributed by atoms with van der Waals surface area (Å²) in [5.41, 5.74) is 2.99. The summed E-state index contributed by atoms with van der Waals surface area (Å²) in [6, 6.07) is 21.8. The Kier molecular flexibility index (Phi) is 6.82. The Balaban J connectivity index is 1.61. The molecule has 5 heteroatoms. The molecule has 0 saturated carbocycles. The van der Waals surface area contributed by atoms with E-state index in [1.807, 2.05) is 36.4 Å². The number of allylic oxidation sites excluding steroid dienone is 1. The van der Waals surface area contributed by atoms with Crippen molar-refractivity contribution in [3.63, 3.8) is 0 Å². The van der Waals surface area contributed by atoms with Crippen molar-refractivity contribution in [1.82, 2.24) is 0 Å². The summed E-state index contributed by atoms with van der Waals surface area (Å²) in [6.07, 6.45) is 3.31. The van der Waals surface area contributed by atoms with Gasteiger partial charge >= 0.3 is 0 Å². The minimum Gasteiger partial charge on any atom is -0.489 e. The third kappa shape index (κ3) is 6.06. The molecule has 0 radical (unpaired) electrons. The lowest BCUT2D eigenvalue weighted by Crippen LogP contribution is -2.12. The first-order valence-corrected chi connectivity index (χ1v) is 9.45. The minimum absolute atomic E-state index is 0.0129. The molecule has 1 N–H and O–H groups in total. The normalized spacial score (nSPS) is 10.7. The number of carbonyl (C=O) groups excluding carboxylic acids is 2. The van der Waals surface area contributed by atoms with Gasteiger partial charge in [-0.1, -0.05) is 60.1 Å². The predicted molar refractivity (Wildman–Crippen MR) is 116 cm³/mol. The van der Waals surface area contributed by atoms with Crippen molar-refractivity contribution >= 4 is 35.1 Å². The van der Waals surface area contributed by atoms with Gasteiger partial charge < -0.3 is 10.1 Å². The maximum absolute atomic E-state index is 12.4. The average molecular weight is 406 g/mol. The first-order chi connectivity index (χ1) is 14.0. The van der Waals surface area contributed by atoms with Crippen molar-refractivity contribution < 1.29 is 14.3 Å². The largest absolute Gasteiger partial charge is 0.489 e. The maximum Gasteiger partial charge on any atom is 0.257 e.